The van der Waals surface area contributed by atoms with Crippen molar-refractivity contribution in [2.45, 2.75) is 18.8 Å². The van der Waals surface area contributed by atoms with Crippen LogP contribution >= 0.6 is 0 Å². The van der Waals surface area contributed by atoms with E-state index in [-0.39, 0.29) is 37.1 Å². The first kappa shape index (κ1) is 26.8. The molecule has 0 aliphatic carbocycles. The van der Waals surface area contributed by atoms with Crippen LogP contribution in [-0.4, -0.2) is 97.4 Å². The number of fused-ring (bicyclic) bond motifs is 1. The highest BCUT2D eigenvalue weighted by Crippen LogP contribution is 2.24. The molecule has 4 N–H and O–H groups in total. The molecule has 0 unspecified atom stereocenters. The number of anilines is 2. The third kappa shape index (κ3) is 5.50. The number of aliphatic hydroxyl groups excluding tert-OH is 1. The zero-order chi connectivity index (χ0) is 27.6. The second-order valence-electron chi connectivity index (χ2n) is 9.29. The molecule has 12 heteroatoms. The standard InChI is InChI=1S/C26H30N6O6/c1-30(2)20(33)14-31(3)25(36)15-5-4-6-18(12-15)32-9-10-38-22(26(32)37)21(34)24(35)29-17-7-8-19-16(11-17)13-28-23(19)27/h4-8,11-12,21-22,34H,9-10,13-14H2,1-3H3,(H2,27,28)(H,29,35)/t21-,22-/m1/s1. The van der Waals surface area contributed by atoms with Crippen LogP contribution < -0.4 is 16.0 Å². The van der Waals surface area contributed by atoms with Crippen LogP contribution in [0.25, 0.3) is 0 Å². The van der Waals surface area contributed by atoms with E-state index in [2.05, 4.69) is 10.3 Å². The molecule has 38 heavy (non-hydrogen) atoms. The van der Waals surface area contributed by atoms with Crippen molar-refractivity contribution in [3.63, 3.8) is 0 Å². The number of amides is 4. The van der Waals surface area contributed by atoms with Crippen LogP contribution in [0, 0.1) is 0 Å². The van der Waals surface area contributed by atoms with Gasteiger partial charge in [-0.2, -0.15) is 0 Å². The summed E-state index contributed by atoms with van der Waals surface area (Å²) in [5, 5.41) is 13.3. The summed E-state index contributed by atoms with van der Waals surface area (Å²) in [6.07, 6.45) is -3.20. The molecule has 1 saturated heterocycles. The van der Waals surface area contributed by atoms with Crippen molar-refractivity contribution in [1.82, 2.24) is 9.80 Å². The SMILES string of the molecule is CN(C)C(=O)CN(C)C(=O)c1cccc(N2CCO[C@H]([C@@H](O)C(=O)Nc3ccc4c(c3)CN=C4N)C2=O)c1. The van der Waals surface area contributed by atoms with Gasteiger partial charge in [-0.3, -0.25) is 24.2 Å². The lowest BCUT2D eigenvalue weighted by atomic mass is 10.1. The topological polar surface area (TPSA) is 158 Å². The van der Waals surface area contributed by atoms with Gasteiger partial charge in [0.2, 0.25) is 5.91 Å². The summed E-state index contributed by atoms with van der Waals surface area (Å²) in [7, 11) is 4.73. The molecular formula is C26H30N6O6. The molecule has 200 valence electrons. The van der Waals surface area contributed by atoms with Gasteiger partial charge < -0.3 is 35.6 Å². The van der Waals surface area contributed by atoms with Gasteiger partial charge in [0.1, 0.15) is 5.84 Å². The van der Waals surface area contributed by atoms with Crippen LogP contribution in [0.1, 0.15) is 21.5 Å². The molecule has 2 atom stereocenters. The van der Waals surface area contributed by atoms with Gasteiger partial charge in [-0.1, -0.05) is 6.07 Å². The van der Waals surface area contributed by atoms with Crippen LogP contribution in [0.5, 0.6) is 0 Å². The van der Waals surface area contributed by atoms with Crippen LogP contribution in [0.2, 0.25) is 0 Å². The molecule has 2 aliphatic rings. The number of benzene rings is 2. The van der Waals surface area contributed by atoms with Gasteiger partial charge in [-0.25, -0.2) is 0 Å². The van der Waals surface area contributed by atoms with Gasteiger partial charge in [-0.15, -0.1) is 0 Å². The zero-order valence-corrected chi connectivity index (χ0v) is 21.4. The minimum absolute atomic E-state index is 0.0750. The molecule has 0 saturated carbocycles. The number of hydrogen-bond acceptors (Lipinski definition) is 8. The summed E-state index contributed by atoms with van der Waals surface area (Å²) in [6, 6.07) is 11.5. The molecule has 0 aromatic heterocycles. The number of hydrogen-bond donors (Lipinski definition) is 3. The molecular weight excluding hydrogens is 492 g/mol. The molecule has 2 aliphatic heterocycles. The van der Waals surface area contributed by atoms with Crippen molar-refractivity contribution in [2.24, 2.45) is 10.7 Å². The lowest BCUT2D eigenvalue weighted by molar-refractivity contribution is -0.150. The second kappa shape index (κ2) is 11.0. The van der Waals surface area contributed by atoms with Crippen molar-refractivity contribution in [3.8, 4) is 0 Å². The maximum absolute atomic E-state index is 13.2. The summed E-state index contributed by atoms with van der Waals surface area (Å²) >= 11 is 0. The van der Waals surface area contributed by atoms with Crippen molar-refractivity contribution in [2.75, 3.05) is 51.1 Å². The van der Waals surface area contributed by atoms with Crippen molar-refractivity contribution in [1.29, 1.82) is 0 Å². The number of morpholine rings is 1. The van der Waals surface area contributed by atoms with E-state index < -0.39 is 24.0 Å². The minimum Gasteiger partial charge on any atom is -0.383 e. The third-order valence-electron chi connectivity index (χ3n) is 6.37. The first-order valence-electron chi connectivity index (χ1n) is 12.0. The first-order valence-corrected chi connectivity index (χ1v) is 12.0. The summed E-state index contributed by atoms with van der Waals surface area (Å²) in [5.41, 5.74) is 8.58. The Kier molecular flexibility index (Phi) is 7.74. The van der Waals surface area contributed by atoms with Crippen LogP contribution in [0.3, 0.4) is 0 Å². The van der Waals surface area contributed by atoms with Gasteiger partial charge in [0.05, 0.1) is 19.7 Å². The van der Waals surface area contributed by atoms with Crippen molar-refractivity contribution in [3.05, 3.63) is 59.2 Å². The molecule has 2 heterocycles. The largest absolute Gasteiger partial charge is 0.383 e. The highest BCUT2D eigenvalue weighted by molar-refractivity contribution is 6.05. The van der Waals surface area contributed by atoms with E-state index in [0.717, 1.165) is 11.1 Å². The molecule has 12 nitrogen and oxygen atoms in total. The molecule has 2 aromatic rings. The maximum atomic E-state index is 13.2. The third-order valence-corrected chi connectivity index (χ3v) is 6.37. The molecule has 4 amide bonds. The van der Waals surface area contributed by atoms with E-state index in [1.807, 2.05) is 0 Å². The lowest BCUT2D eigenvalue weighted by Crippen LogP contribution is -2.55. The predicted octanol–water partition coefficient (Wildman–Crippen LogP) is -0.203. The molecule has 0 bridgehead atoms. The Morgan fingerprint density at radius 3 is 2.71 bits per heavy atom. The number of aliphatic imine (C=N–C) groups is 1. The maximum Gasteiger partial charge on any atom is 0.259 e. The summed E-state index contributed by atoms with van der Waals surface area (Å²) in [6.45, 7) is 0.546. The van der Waals surface area contributed by atoms with E-state index in [1.54, 1.807) is 50.5 Å². The Morgan fingerprint density at radius 1 is 1.21 bits per heavy atom. The van der Waals surface area contributed by atoms with Gasteiger partial charge >= 0.3 is 0 Å². The van der Waals surface area contributed by atoms with E-state index >= 15 is 0 Å². The molecule has 1 fully saturated rings. The fraction of sp³-hybridized carbons (Fsp3) is 0.346. The zero-order valence-electron chi connectivity index (χ0n) is 21.4. The number of nitrogens with one attached hydrogen (secondary N) is 1. The number of carbonyl (C=O) groups is 4. The fourth-order valence-corrected chi connectivity index (χ4v) is 4.19. The van der Waals surface area contributed by atoms with Gasteiger partial charge in [0.15, 0.2) is 12.2 Å². The smallest absolute Gasteiger partial charge is 0.259 e. The van der Waals surface area contributed by atoms with Crippen LogP contribution in [0.15, 0.2) is 47.5 Å². The van der Waals surface area contributed by atoms with Gasteiger partial charge in [-0.05, 0) is 42.0 Å². The number of carbonyl (C=O) groups excluding carboxylic acids is 4. The minimum atomic E-state index is -1.77. The highest BCUT2D eigenvalue weighted by atomic mass is 16.5. The lowest BCUT2D eigenvalue weighted by Gasteiger charge is -2.34. The Labute approximate surface area is 219 Å². The van der Waals surface area contributed by atoms with E-state index in [4.69, 9.17) is 10.5 Å². The molecule has 4 rings (SSSR count). The molecule has 0 spiro atoms. The molecule has 0 radical (unpaired) electrons. The monoisotopic (exact) mass is 522 g/mol. The quantitative estimate of drug-likeness (QED) is 0.454. The van der Waals surface area contributed by atoms with Crippen molar-refractivity contribution >= 4 is 40.8 Å². The van der Waals surface area contributed by atoms with Crippen LogP contribution in [0.4, 0.5) is 11.4 Å². The summed E-state index contributed by atoms with van der Waals surface area (Å²) < 4.78 is 5.48. The van der Waals surface area contributed by atoms with E-state index in [0.29, 0.717) is 23.8 Å². The number of rotatable bonds is 7. The number of likely N-dealkylation sites (N-methyl/N-ethyl adjacent to an activating group) is 2. The number of nitrogens with two attached hydrogens (primary N) is 1. The van der Waals surface area contributed by atoms with Gasteiger partial charge in [0, 0.05) is 50.2 Å². The Hall–Kier alpha value is -4.29. The number of aliphatic hydroxyl groups is 1. The van der Waals surface area contributed by atoms with E-state index in [1.165, 1.54) is 27.8 Å². The normalized spacial score (nSPS) is 17.4. The number of ether oxygens (including phenoxy) is 1. The Bertz CT molecular complexity index is 1310. The second-order valence-corrected chi connectivity index (χ2v) is 9.29. The van der Waals surface area contributed by atoms with Crippen LogP contribution in [-0.2, 0) is 25.7 Å². The fourth-order valence-electron chi connectivity index (χ4n) is 4.19. The average molecular weight is 523 g/mol. The molecule has 2 aromatic carbocycles. The summed E-state index contributed by atoms with van der Waals surface area (Å²) in [5.74, 6) is -1.60. The van der Waals surface area contributed by atoms with E-state index in [9.17, 15) is 24.3 Å². The first-order chi connectivity index (χ1) is 18.1. The number of amidine groups is 1. The van der Waals surface area contributed by atoms with Crippen molar-refractivity contribution < 1.29 is 29.0 Å². The number of nitrogens with zero attached hydrogens (tertiary/aromatic N) is 4. The van der Waals surface area contributed by atoms with Gasteiger partial charge in [0.25, 0.3) is 17.7 Å². The summed E-state index contributed by atoms with van der Waals surface area (Å²) in [4.78, 5) is 59.0. The Morgan fingerprint density at radius 2 is 1.97 bits per heavy atom. The average Bonchev–Trinajstić information content (AvgIpc) is 3.27. The predicted molar refractivity (Wildman–Crippen MR) is 140 cm³/mol. The highest BCUT2D eigenvalue weighted by Gasteiger charge is 2.39. The Balaban J connectivity index is 1.44.